The lowest BCUT2D eigenvalue weighted by molar-refractivity contribution is -0.115. The summed E-state index contributed by atoms with van der Waals surface area (Å²) >= 11 is 0. The minimum Gasteiger partial charge on any atom is -0.464 e. The van der Waals surface area contributed by atoms with Crippen molar-refractivity contribution in [1.82, 2.24) is 10.2 Å². The van der Waals surface area contributed by atoms with Gasteiger partial charge in [0.1, 0.15) is 5.58 Å². The number of benzene rings is 1. The van der Waals surface area contributed by atoms with E-state index in [4.69, 9.17) is 4.42 Å². The molecule has 0 aliphatic heterocycles. The molecular weight excluding hydrogens is 302 g/mol. The zero-order valence-electron chi connectivity index (χ0n) is 14.4. The third kappa shape index (κ3) is 3.45. The highest BCUT2D eigenvalue weighted by molar-refractivity contribution is 5.94. The minimum absolute atomic E-state index is 0.0661. The van der Waals surface area contributed by atoms with Crippen LogP contribution in [0, 0.1) is 6.92 Å². The third-order valence-corrected chi connectivity index (χ3v) is 3.86. The molecule has 0 atom stereocenters. The van der Waals surface area contributed by atoms with Crippen molar-refractivity contribution in [3.8, 4) is 0 Å². The second-order valence-corrected chi connectivity index (χ2v) is 7.04. The maximum atomic E-state index is 12.3. The van der Waals surface area contributed by atoms with Crippen molar-refractivity contribution in [2.24, 2.45) is 0 Å². The first-order chi connectivity index (χ1) is 11.3. The Balaban J connectivity index is 1.71. The summed E-state index contributed by atoms with van der Waals surface area (Å²) in [7, 11) is 0. The second kappa shape index (κ2) is 6.07. The van der Waals surface area contributed by atoms with E-state index in [1.165, 1.54) is 0 Å². The summed E-state index contributed by atoms with van der Waals surface area (Å²) in [5, 5.41) is 12.0. The Hall–Kier alpha value is -2.69. The maximum Gasteiger partial charge on any atom is 0.230 e. The number of anilines is 1. The van der Waals surface area contributed by atoms with E-state index in [9.17, 15) is 4.79 Å². The number of nitrogens with one attached hydrogen (secondary N) is 1. The molecule has 0 saturated heterocycles. The van der Waals surface area contributed by atoms with Crippen LogP contribution in [0.25, 0.3) is 11.0 Å². The van der Waals surface area contributed by atoms with E-state index < -0.39 is 0 Å². The van der Waals surface area contributed by atoms with Gasteiger partial charge in [-0.1, -0.05) is 32.9 Å². The molecule has 0 radical (unpaired) electrons. The molecule has 0 unspecified atom stereocenters. The monoisotopic (exact) mass is 323 g/mol. The Morgan fingerprint density at radius 1 is 1.17 bits per heavy atom. The van der Waals surface area contributed by atoms with Crippen molar-refractivity contribution in [1.29, 1.82) is 0 Å². The molecule has 1 aromatic carbocycles. The van der Waals surface area contributed by atoms with Gasteiger partial charge in [0.15, 0.2) is 5.82 Å². The third-order valence-electron chi connectivity index (χ3n) is 3.86. The lowest BCUT2D eigenvalue weighted by Gasteiger charge is -2.16. The van der Waals surface area contributed by atoms with Gasteiger partial charge in [0.25, 0.3) is 0 Å². The van der Waals surface area contributed by atoms with E-state index in [0.717, 1.165) is 27.8 Å². The molecule has 124 valence electrons. The number of aromatic nitrogens is 2. The van der Waals surface area contributed by atoms with E-state index >= 15 is 0 Å². The molecule has 3 rings (SSSR count). The second-order valence-electron chi connectivity index (χ2n) is 7.04. The maximum absolute atomic E-state index is 12.3. The Bertz CT molecular complexity index is 874. The van der Waals surface area contributed by atoms with Crippen LogP contribution < -0.4 is 5.32 Å². The van der Waals surface area contributed by atoms with Gasteiger partial charge in [-0.25, -0.2) is 0 Å². The number of amides is 1. The van der Waals surface area contributed by atoms with Crippen LogP contribution in [0.3, 0.4) is 0 Å². The van der Waals surface area contributed by atoms with Crippen molar-refractivity contribution in [2.45, 2.75) is 39.5 Å². The molecule has 3 aromatic rings. The number of furan rings is 1. The Morgan fingerprint density at radius 3 is 2.62 bits per heavy atom. The molecule has 0 bridgehead atoms. The molecule has 2 heterocycles. The van der Waals surface area contributed by atoms with E-state index in [-0.39, 0.29) is 17.7 Å². The number of rotatable bonds is 3. The Morgan fingerprint density at radius 2 is 1.96 bits per heavy atom. The Kier molecular flexibility index (Phi) is 4.09. The van der Waals surface area contributed by atoms with Gasteiger partial charge in [-0.15, -0.1) is 5.10 Å². The van der Waals surface area contributed by atoms with Crippen molar-refractivity contribution >= 4 is 22.7 Å². The standard InChI is InChI=1S/C19H21N3O2/c1-12-5-6-14-13(11-24-15(14)9-12)10-18(23)20-17-8-7-16(21-22-17)19(2,3)4/h5-9,11H,10H2,1-4H3,(H,20,22,23). The molecule has 0 spiro atoms. The number of aryl methyl sites for hydroxylation is 1. The van der Waals surface area contributed by atoms with Crippen molar-refractivity contribution in [2.75, 3.05) is 5.32 Å². The SMILES string of the molecule is Cc1ccc2c(CC(=O)Nc3ccc(C(C)(C)C)nn3)coc2c1. The fourth-order valence-corrected chi connectivity index (χ4v) is 2.49. The van der Waals surface area contributed by atoms with Crippen LogP contribution in [0.15, 0.2) is 41.0 Å². The summed E-state index contributed by atoms with van der Waals surface area (Å²) in [6.45, 7) is 8.22. The van der Waals surface area contributed by atoms with Crippen molar-refractivity contribution in [3.05, 3.63) is 53.4 Å². The number of carbonyl (C=O) groups is 1. The average Bonchev–Trinajstić information content (AvgIpc) is 2.89. The first kappa shape index (κ1) is 16.2. The summed E-state index contributed by atoms with van der Waals surface area (Å²) in [5.41, 5.74) is 3.61. The van der Waals surface area contributed by atoms with Crippen LogP contribution in [0.1, 0.15) is 37.6 Å². The quantitative estimate of drug-likeness (QED) is 0.791. The van der Waals surface area contributed by atoms with Crippen LogP contribution in [0.2, 0.25) is 0 Å². The summed E-state index contributed by atoms with van der Waals surface area (Å²) in [5.74, 6) is 0.313. The molecule has 24 heavy (non-hydrogen) atoms. The highest BCUT2D eigenvalue weighted by Crippen LogP contribution is 2.23. The van der Waals surface area contributed by atoms with E-state index in [1.54, 1.807) is 12.3 Å². The van der Waals surface area contributed by atoms with Crippen LogP contribution >= 0.6 is 0 Å². The molecule has 1 amide bonds. The number of fused-ring (bicyclic) bond motifs is 1. The van der Waals surface area contributed by atoms with Gasteiger partial charge < -0.3 is 9.73 Å². The molecule has 0 saturated carbocycles. The van der Waals surface area contributed by atoms with Gasteiger partial charge >= 0.3 is 0 Å². The summed E-state index contributed by atoms with van der Waals surface area (Å²) in [6, 6.07) is 9.62. The number of hydrogen-bond acceptors (Lipinski definition) is 4. The van der Waals surface area contributed by atoms with Crippen LogP contribution in [-0.2, 0) is 16.6 Å². The van der Waals surface area contributed by atoms with Gasteiger partial charge in [-0.05, 0) is 30.7 Å². The van der Waals surface area contributed by atoms with Gasteiger partial charge in [0.2, 0.25) is 5.91 Å². The summed E-state index contributed by atoms with van der Waals surface area (Å²) < 4.78 is 5.53. The van der Waals surface area contributed by atoms with Gasteiger partial charge in [-0.3, -0.25) is 4.79 Å². The fourth-order valence-electron chi connectivity index (χ4n) is 2.49. The predicted octanol–water partition coefficient (Wildman–Crippen LogP) is 4.01. The van der Waals surface area contributed by atoms with Crippen molar-refractivity contribution in [3.63, 3.8) is 0 Å². The van der Waals surface area contributed by atoms with Crippen LogP contribution in [0.5, 0.6) is 0 Å². The zero-order valence-corrected chi connectivity index (χ0v) is 14.4. The van der Waals surface area contributed by atoms with Gasteiger partial charge in [-0.2, -0.15) is 5.10 Å². The molecule has 0 aliphatic carbocycles. The van der Waals surface area contributed by atoms with E-state index in [0.29, 0.717) is 5.82 Å². The zero-order chi connectivity index (χ0) is 17.3. The molecule has 5 heteroatoms. The fraction of sp³-hybridized carbons (Fsp3) is 0.316. The summed E-state index contributed by atoms with van der Waals surface area (Å²) in [4.78, 5) is 12.3. The van der Waals surface area contributed by atoms with Gasteiger partial charge in [0.05, 0.1) is 18.4 Å². The highest BCUT2D eigenvalue weighted by atomic mass is 16.3. The first-order valence-corrected chi connectivity index (χ1v) is 7.94. The average molecular weight is 323 g/mol. The topological polar surface area (TPSA) is 68.0 Å². The number of carbonyl (C=O) groups excluding carboxylic acids is 1. The minimum atomic E-state index is -0.143. The lowest BCUT2D eigenvalue weighted by atomic mass is 9.92. The lowest BCUT2D eigenvalue weighted by Crippen LogP contribution is -2.18. The van der Waals surface area contributed by atoms with Crippen molar-refractivity contribution < 1.29 is 9.21 Å². The highest BCUT2D eigenvalue weighted by Gasteiger charge is 2.16. The van der Waals surface area contributed by atoms with Crippen LogP contribution in [-0.4, -0.2) is 16.1 Å². The predicted molar refractivity (Wildman–Crippen MR) is 94.0 cm³/mol. The smallest absolute Gasteiger partial charge is 0.230 e. The molecular formula is C19H21N3O2. The molecule has 5 nitrogen and oxygen atoms in total. The first-order valence-electron chi connectivity index (χ1n) is 7.94. The molecule has 0 aliphatic rings. The number of hydrogen-bond donors (Lipinski definition) is 1. The largest absolute Gasteiger partial charge is 0.464 e. The molecule has 1 N–H and O–H groups in total. The molecule has 0 fully saturated rings. The summed E-state index contributed by atoms with van der Waals surface area (Å²) in [6.07, 6.45) is 1.87. The Labute approximate surface area is 141 Å². The normalized spacial score (nSPS) is 11.7. The van der Waals surface area contributed by atoms with E-state index in [2.05, 4.69) is 36.3 Å². The van der Waals surface area contributed by atoms with Crippen LogP contribution in [0.4, 0.5) is 5.82 Å². The molecule has 2 aromatic heterocycles. The van der Waals surface area contributed by atoms with Gasteiger partial charge in [0, 0.05) is 16.4 Å². The number of nitrogens with zero attached hydrogens (tertiary/aromatic N) is 2. The van der Waals surface area contributed by atoms with E-state index in [1.807, 2.05) is 31.2 Å².